The van der Waals surface area contributed by atoms with Gasteiger partial charge in [0.05, 0.1) is 23.7 Å². The molecule has 0 aromatic heterocycles. The van der Waals surface area contributed by atoms with Crippen LogP contribution in [0.3, 0.4) is 0 Å². The van der Waals surface area contributed by atoms with Gasteiger partial charge < -0.3 is 9.84 Å². The third-order valence-corrected chi connectivity index (χ3v) is 3.14. The van der Waals surface area contributed by atoms with E-state index in [2.05, 4.69) is 0 Å². The summed E-state index contributed by atoms with van der Waals surface area (Å²) in [6, 6.07) is 3.94. The Morgan fingerprint density at radius 2 is 2.16 bits per heavy atom. The van der Waals surface area contributed by atoms with Crippen molar-refractivity contribution in [2.24, 2.45) is 5.92 Å². The molecule has 1 N–H and O–H groups in total. The van der Waals surface area contributed by atoms with E-state index in [4.69, 9.17) is 16.3 Å². The van der Waals surface area contributed by atoms with Gasteiger partial charge in [-0.2, -0.15) is 0 Å². The lowest BCUT2D eigenvalue weighted by Crippen LogP contribution is -2.24. The lowest BCUT2D eigenvalue weighted by molar-refractivity contribution is -0.152. The van der Waals surface area contributed by atoms with E-state index in [0.717, 1.165) is 6.42 Å². The fourth-order valence-corrected chi connectivity index (χ4v) is 2.08. The minimum absolute atomic E-state index is 0.0735. The molecule has 3 nitrogen and oxygen atoms in total. The summed E-state index contributed by atoms with van der Waals surface area (Å²) in [7, 11) is 0. The molecule has 0 saturated heterocycles. The predicted molar refractivity (Wildman–Crippen MR) is 71.4 cm³/mol. The molecule has 19 heavy (non-hydrogen) atoms. The smallest absolute Gasteiger partial charge is 0.311 e. The van der Waals surface area contributed by atoms with E-state index in [0.29, 0.717) is 12.0 Å². The highest BCUT2D eigenvalue weighted by Gasteiger charge is 2.28. The molecule has 0 amide bonds. The SMILES string of the molecule is CCCC(C(=O)OCC)C(O)c1ccc(F)c(Cl)c1. The maximum absolute atomic E-state index is 13.1. The maximum Gasteiger partial charge on any atom is 0.311 e. The quantitative estimate of drug-likeness (QED) is 0.815. The number of aliphatic hydroxyl groups excluding tert-OH is 1. The molecule has 0 heterocycles. The standard InChI is InChI=1S/C14H18ClFO3/c1-3-5-10(14(18)19-4-2)13(17)9-6-7-12(16)11(15)8-9/h6-8,10,13,17H,3-5H2,1-2H3. The summed E-state index contributed by atoms with van der Waals surface area (Å²) in [5.74, 6) is -1.66. The monoisotopic (exact) mass is 288 g/mol. The van der Waals surface area contributed by atoms with Gasteiger partial charge in [-0.25, -0.2) is 4.39 Å². The topological polar surface area (TPSA) is 46.5 Å². The van der Waals surface area contributed by atoms with Gasteiger partial charge in [0, 0.05) is 0 Å². The summed E-state index contributed by atoms with van der Waals surface area (Å²) in [4.78, 5) is 11.8. The number of esters is 1. The molecule has 0 aliphatic carbocycles. The second kappa shape index (κ2) is 7.46. The van der Waals surface area contributed by atoms with Crippen molar-refractivity contribution in [1.82, 2.24) is 0 Å². The van der Waals surface area contributed by atoms with Gasteiger partial charge in [0.1, 0.15) is 5.82 Å². The molecule has 1 aromatic carbocycles. The van der Waals surface area contributed by atoms with E-state index in [1.165, 1.54) is 18.2 Å². The molecule has 1 rings (SSSR count). The number of rotatable bonds is 6. The van der Waals surface area contributed by atoms with Crippen molar-refractivity contribution in [2.75, 3.05) is 6.61 Å². The van der Waals surface area contributed by atoms with Gasteiger partial charge in [-0.3, -0.25) is 4.79 Å². The van der Waals surface area contributed by atoms with Crippen LogP contribution in [0.15, 0.2) is 18.2 Å². The molecule has 0 bridgehead atoms. The Balaban J connectivity index is 2.94. The third-order valence-electron chi connectivity index (χ3n) is 2.86. The highest BCUT2D eigenvalue weighted by atomic mass is 35.5. The van der Waals surface area contributed by atoms with Gasteiger partial charge in [0.25, 0.3) is 0 Å². The number of hydrogen-bond donors (Lipinski definition) is 1. The number of carbonyl (C=O) groups excluding carboxylic acids is 1. The fraction of sp³-hybridized carbons (Fsp3) is 0.500. The number of halogens is 2. The van der Waals surface area contributed by atoms with Crippen molar-refractivity contribution in [2.45, 2.75) is 32.8 Å². The first-order valence-electron chi connectivity index (χ1n) is 6.30. The highest BCUT2D eigenvalue weighted by molar-refractivity contribution is 6.30. The zero-order valence-electron chi connectivity index (χ0n) is 11.0. The third kappa shape index (κ3) is 4.18. The Labute approximate surface area is 117 Å². The molecule has 2 unspecified atom stereocenters. The van der Waals surface area contributed by atoms with E-state index in [1.54, 1.807) is 6.92 Å². The lowest BCUT2D eigenvalue weighted by Gasteiger charge is -2.21. The Morgan fingerprint density at radius 1 is 1.47 bits per heavy atom. The van der Waals surface area contributed by atoms with Crippen LogP contribution in [-0.4, -0.2) is 17.7 Å². The maximum atomic E-state index is 13.1. The largest absolute Gasteiger partial charge is 0.466 e. The minimum atomic E-state index is -1.04. The minimum Gasteiger partial charge on any atom is -0.466 e. The molecule has 0 radical (unpaired) electrons. The molecular formula is C14H18ClFO3. The Bertz CT molecular complexity index is 437. The van der Waals surface area contributed by atoms with Gasteiger partial charge >= 0.3 is 5.97 Å². The van der Waals surface area contributed by atoms with Crippen molar-refractivity contribution in [1.29, 1.82) is 0 Å². The first kappa shape index (κ1) is 15.9. The number of hydrogen-bond acceptors (Lipinski definition) is 3. The van der Waals surface area contributed by atoms with Crippen LogP contribution in [0.5, 0.6) is 0 Å². The summed E-state index contributed by atoms with van der Waals surface area (Å²) in [5, 5.41) is 10.2. The van der Waals surface area contributed by atoms with Crippen molar-refractivity contribution in [3.05, 3.63) is 34.6 Å². The van der Waals surface area contributed by atoms with Gasteiger partial charge in [-0.05, 0) is 31.0 Å². The number of aliphatic hydroxyl groups is 1. The van der Waals surface area contributed by atoms with E-state index in [1.807, 2.05) is 6.92 Å². The number of carbonyl (C=O) groups is 1. The summed E-state index contributed by atoms with van der Waals surface area (Å²) >= 11 is 5.68. The Morgan fingerprint density at radius 3 is 2.68 bits per heavy atom. The van der Waals surface area contributed by atoms with E-state index >= 15 is 0 Å². The molecule has 0 spiro atoms. The van der Waals surface area contributed by atoms with Crippen LogP contribution in [0.25, 0.3) is 0 Å². The van der Waals surface area contributed by atoms with Crippen LogP contribution >= 0.6 is 11.6 Å². The molecule has 106 valence electrons. The lowest BCUT2D eigenvalue weighted by atomic mass is 9.92. The molecule has 1 aromatic rings. The molecule has 0 aliphatic rings. The Kier molecular flexibility index (Phi) is 6.25. The van der Waals surface area contributed by atoms with Crippen molar-refractivity contribution < 1.29 is 19.0 Å². The number of ether oxygens (including phenoxy) is 1. The highest BCUT2D eigenvalue weighted by Crippen LogP contribution is 2.29. The van der Waals surface area contributed by atoms with E-state index in [-0.39, 0.29) is 11.6 Å². The zero-order chi connectivity index (χ0) is 14.4. The summed E-state index contributed by atoms with van der Waals surface area (Å²) in [5.41, 5.74) is 0.415. The average molecular weight is 289 g/mol. The summed E-state index contributed by atoms with van der Waals surface area (Å²) in [6.07, 6.45) is 0.182. The molecular weight excluding hydrogens is 271 g/mol. The molecule has 0 fully saturated rings. The van der Waals surface area contributed by atoms with Crippen molar-refractivity contribution in [3.63, 3.8) is 0 Å². The van der Waals surface area contributed by atoms with Crippen molar-refractivity contribution in [3.8, 4) is 0 Å². The van der Waals surface area contributed by atoms with Crippen LogP contribution in [-0.2, 0) is 9.53 Å². The van der Waals surface area contributed by atoms with Crippen LogP contribution in [0, 0.1) is 11.7 Å². The van der Waals surface area contributed by atoms with Gasteiger partial charge in [-0.15, -0.1) is 0 Å². The zero-order valence-corrected chi connectivity index (χ0v) is 11.8. The second-order valence-corrected chi connectivity index (χ2v) is 4.67. The van der Waals surface area contributed by atoms with Crippen LogP contribution in [0.2, 0.25) is 5.02 Å². The first-order chi connectivity index (χ1) is 9.01. The number of benzene rings is 1. The van der Waals surface area contributed by atoms with Crippen molar-refractivity contribution >= 4 is 17.6 Å². The molecule has 0 saturated carbocycles. The average Bonchev–Trinajstić information content (AvgIpc) is 2.38. The van der Waals surface area contributed by atoms with E-state index < -0.39 is 23.8 Å². The van der Waals surface area contributed by atoms with Gasteiger partial charge in [0.2, 0.25) is 0 Å². The molecule has 5 heteroatoms. The normalized spacial score (nSPS) is 13.9. The summed E-state index contributed by atoms with van der Waals surface area (Å²) < 4.78 is 18.0. The second-order valence-electron chi connectivity index (χ2n) is 4.27. The van der Waals surface area contributed by atoms with Gasteiger partial charge in [0.15, 0.2) is 0 Å². The van der Waals surface area contributed by atoms with Gasteiger partial charge in [-0.1, -0.05) is 31.0 Å². The molecule has 2 atom stereocenters. The molecule has 0 aliphatic heterocycles. The summed E-state index contributed by atoms with van der Waals surface area (Å²) in [6.45, 7) is 3.88. The Hall–Kier alpha value is -1.13. The van der Waals surface area contributed by atoms with Crippen LogP contribution in [0.4, 0.5) is 4.39 Å². The van der Waals surface area contributed by atoms with Crippen LogP contribution < -0.4 is 0 Å². The van der Waals surface area contributed by atoms with Crippen LogP contribution in [0.1, 0.15) is 38.4 Å². The first-order valence-corrected chi connectivity index (χ1v) is 6.68. The fourth-order valence-electron chi connectivity index (χ4n) is 1.89. The van der Waals surface area contributed by atoms with E-state index in [9.17, 15) is 14.3 Å². The predicted octanol–water partition coefficient (Wildman–Crippen LogP) is 3.49.